The fraction of sp³-hybridized carbons (Fsp3) is 0.500. The number of anilines is 1. The predicted molar refractivity (Wildman–Crippen MR) is 68.9 cm³/mol. The van der Waals surface area contributed by atoms with E-state index in [2.05, 4.69) is 15.0 Å². The normalized spacial score (nSPS) is 11.5. The summed E-state index contributed by atoms with van der Waals surface area (Å²) in [5.41, 5.74) is 0. The van der Waals surface area contributed by atoms with Gasteiger partial charge >= 0.3 is 0 Å². The summed E-state index contributed by atoms with van der Waals surface area (Å²) < 4.78 is 25.7. The first-order valence-corrected chi connectivity index (χ1v) is 7.26. The van der Waals surface area contributed by atoms with E-state index < -0.39 is 10.0 Å². The molecule has 0 aliphatic rings. The Labute approximate surface area is 107 Å². The summed E-state index contributed by atoms with van der Waals surface area (Å²) in [6.07, 6.45) is 2.23. The Bertz CT molecular complexity index is 476. The Kier molecular flexibility index (Phi) is 5.17. The second-order valence-electron chi connectivity index (χ2n) is 3.43. The lowest BCUT2D eigenvalue weighted by Crippen LogP contribution is -2.23. The van der Waals surface area contributed by atoms with Crippen LogP contribution in [-0.2, 0) is 10.0 Å². The third-order valence-corrected chi connectivity index (χ3v) is 3.80. The molecule has 5 nitrogen and oxygen atoms in total. The van der Waals surface area contributed by atoms with Crippen molar-refractivity contribution < 1.29 is 8.42 Å². The van der Waals surface area contributed by atoms with E-state index in [0.717, 1.165) is 13.0 Å². The Morgan fingerprint density at radius 1 is 1.41 bits per heavy atom. The standard InChI is InChI=1S/C10H16ClN3O2S/c1-3-5-12-10-9(11)6-8(7-13-10)17(15,16)14-4-2/h6-7,14H,3-5H2,1-2H3,(H,12,13). The predicted octanol–water partition coefficient (Wildman–Crippen LogP) is 1.86. The minimum atomic E-state index is -3.49. The van der Waals surface area contributed by atoms with Gasteiger partial charge in [0.05, 0.1) is 5.02 Å². The molecule has 0 bridgehead atoms. The molecular weight excluding hydrogens is 262 g/mol. The van der Waals surface area contributed by atoms with Crippen LogP contribution in [0.1, 0.15) is 20.3 Å². The van der Waals surface area contributed by atoms with Gasteiger partial charge in [-0.3, -0.25) is 0 Å². The van der Waals surface area contributed by atoms with E-state index in [1.54, 1.807) is 6.92 Å². The quantitative estimate of drug-likeness (QED) is 0.833. The second-order valence-corrected chi connectivity index (χ2v) is 5.60. The summed E-state index contributed by atoms with van der Waals surface area (Å²) in [4.78, 5) is 4.08. The number of nitrogens with zero attached hydrogens (tertiary/aromatic N) is 1. The number of hydrogen-bond acceptors (Lipinski definition) is 4. The van der Waals surface area contributed by atoms with Crippen molar-refractivity contribution in [3.63, 3.8) is 0 Å². The van der Waals surface area contributed by atoms with E-state index in [4.69, 9.17) is 11.6 Å². The van der Waals surface area contributed by atoms with Gasteiger partial charge in [-0.2, -0.15) is 0 Å². The molecule has 1 aromatic heterocycles. The van der Waals surface area contributed by atoms with Gasteiger partial charge in [0.25, 0.3) is 0 Å². The van der Waals surface area contributed by atoms with Crippen molar-refractivity contribution in [1.82, 2.24) is 9.71 Å². The number of aromatic nitrogens is 1. The number of pyridine rings is 1. The summed E-state index contributed by atoms with van der Waals surface area (Å²) >= 11 is 5.95. The second kappa shape index (κ2) is 6.18. The maximum Gasteiger partial charge on any atom is 0.242 e. The summed E-state index contributed by atoms with van der Waals surface area (Å²) in [6.45, 7) is 4.80. The molecule has 0 aliphatic heterocycles. The van der Waals surface area contributed by atoms with Gasteiger partial charge < -0.3 is 5.32 Å². The fourth-order valence-corrected chi connectivity index (χ4v) is 2.52. The molecule has 0 spiro atoms. The fourth-order valence-electron chi connectivity index (χ4n) is 1.21. The number of rotatable bonds is 6. The van der Waals surface area contributed by atoms with Crippen LogP contribution in [0.5, 0.6) is 0 Å². The maximum atomic E-state index is 11.7. The van der Waals surface area contributed by atoms with Gasteiger partial charge in [-0.25, -0.2) is 18.1 Å². The lowest BCUT2D eigenvalue weighted by Gasteiger charge is -2.08. The molecule has 0 aliphatic carbocycles. The lowest BCUT2D eigenvalue weighted by molar-refractivity contribution is 0.583. The molecule has 0 amide bonds. The lowest BCUT2D eigenvalue weighted by atomic mass is 10.4. The SMILES string of the molecule is CCCNc1ncc(S(=O)(=O)NCC)cc1Cl. The zero-order chi connectivity index (χ0) is 12.9. The van der Waals surface area contributed by atoms with Crippen LogP contribution in [0.25, 0.3) is 0 Å². The number of sulfonamides is 1. The first-order chi connectivity index (χ1) is 8.01. The summed E-state index contributed by atoms with van der Waals surface area (Å²) in [5.74, 6) is 0.504. The van der Waals surface area contributed by atoms with Crippen LogP contribution >= 0.6 is 11.6 Å². The third kappa shape index (κ3) is 3.83. The van der Waals surface area contributed by atoms with E-state index in [1.165, 1.54) is 12.3 Å². The number of nitrogens with one attached hydrogen (secondary N) is 2. The highest BCUT2D eigenvalue weighted by atomic mass is 35.5. The average Bonchev–Trinajstić information content (AvgIpc) is 2.27. The van der Waals surface area contributed by atoms with Crippen LogP contribution < -0.4 is 10.0 Å². The van der Waals surface area contributed by atoms with Crippen molar-refractivity contribution in [3.8, 4) is 0 Å². The Hall–Kier alpha value is -0.850. The van der Waals surface area contributed by atoms with Crippen molar-refractivity contribution in [2.24, 2.45) is 0 Å². The van der Waals surface area contributed by atoms with Gasteiger partial charge in [-0.1, -0.05) is 25.4 Å². The smallest absolute Gasteiger partial charge is 0.242 e. The molecule has 1 rings (SSSR count). The molecule has 0 aromatic carbocycles. The average molecular weight is 278 g/mol. The van der Waals surface area contributed by atoms with Gasteiger partial charge in [-0.15, -0.1) is 0 Å². The summed E-state index contributed by atoms with van der Waals surface area (Å²) in [6, 6.07) is 1.39. The molecule has 1 heterocycles. The Morgan fingerprint density at radius 2 is 2.12 bits per heavy atom. The molecule has 17 heavy (non-hydrogen) atoms. The molecule has 0 saturated heterocycles. The Morgan fingerprint density at radius 3 is 2.65 bits per heavy atom. The molecule has 0 atom stereocenters. The van der Waals surface area contributed by atoms with Gasteiger partial charge in [0, 0.05) is 19.3 Å². The summed E-state index contributed by atoms with van der Waals surface area (Å²) in [5, 5.41) is 3.32. The topological polar surface area (TPSA) is 71.1 Å². The van der Waals surface area contributed by atoms with Crippen LogP contribution in [0.15, 0.2) is 17.2 Å². The molecule has 0 fully saturated rings. The van der Waals surface area contributed by atoms with Crippen LogP contribution in [0.3, 0.4) is 0 Å². The van der Waals surface area contributed by atoms with Gasteiger partial charge in [0.2, 0.25) is 10.0 Å². The van der Waals surface area contributed by atoms with Crippen LogP contribution in [-0.4, -0.2) is 26.5 Å². The van der Waals surface area contributed by atoms with Gasteiger partial charge in [0.1, 0.15) is 10.7 Å². The zero-order valence-electron chi connectivity index (χ0n) is 9.83. The van der Waals surface area contributed by atoms with E-state index >= 15 is 0 Å². The molecule has 2 N–H and O–H groups in total. The highest BCUT2D eigenvalue weighted by Gasteiger charge is 2.15. The number of halogens is 1. The van der Waals surface area contributed by atoms with Gasteiger partial charge in [0.15, 0.2) is 0 Å². The molecule has 7 heteroatoms. The minimum Gasteiger partial charge on any atom is -0.369 e. The maximum absolute atomic E-state index is 11.7. The molecular formula is C10H16ClN3O2S. The summed E-state index contributed by atoms with van der Waals surface area (Å²) in [7, 11) is -3.49. The van der Waals surface area contributed by atoms with Crippen LogP contribution in [0.4, 0.5) is 5.82 Å². The van der Waals surface area contributed by atoms with E-state index in [0.29, 0.717) is 17.4 Å². The van der Waals surface area contributed by atoms with Gasteiger partial charge in [-0.05, 0) is 12.5 Å². The molecule has 96 valence electrons. The van der Waals surface area contributed by atoms with E-state index in [9.17, 15) is 8.42 Å². The van der Waals surface area contributed by atoms with Crippen LogP contribution in [0.2, 0.25) is 5.02 Å². The Balaban J connectivity index is 2.96. The van der Waals surface area contributed by atoms with Crippen molar-refractivity contribution in [3.05, 3.63) is 17.3 Å². The first-order valence-electron chi connectivity index (χ1n) is 5.40. The minimum absolute atomic E-state index is 0.0754. The third-order valence-electron chi connectivity index (χ3n) is 2.00. The van der Waals surface area contributed by atoms with Crippen molar-refractivity contribution in [2.75, 3.05) is 18.4 Å². The highest BCUT2D eigenvalue weighted by molar-refractivity contribution is 7.89. The van der Waals surface area contributed by atoms with Crippen molar-refractivity contribution in [1.29, 1.82) is 0 Å². The molecule has 1 aromatic rings. The van der Waals surface area contributed by atoms with Crippen LogP contribution in [0, 0.1) is 0 Å². The van der Waals surface area contributed by atoms with Crippen molar-refractivity contribution in [2.45, 2.75) is 25.2 Å². The molecule has 0 unspecified atom stereocenters. The molecule has 0 saturated carbocycles. The largest absolute Gasteiger partial charge is 0.369 e. The zero-order valence-corrected chi connectivity index (χ0v) is 11.4. The highest BCUT2D eigenvalue weighted by Crippen LogP contribution is 2.22. The molecule has 0 radical (unpaired) electrons. The monoisotopic (exact) mass is 277 g/mol. The number of hydrogen-bond donors (Lipinski definition) is 2. The van der Waals surface area contributed by atoms with Crippen molar-refractivity contribution >= 4 is 27.4 Å². The van der Waals surface area contributed by atoms with E-state index in [-0.39, 0.29) is 4.90 Å². The van der Waals surface area contributed by atoms with E-state index in [1.807, 2.05) is 6.92 Å². The first kappa shape index (κ1) is 14.2.